The van der Waals surface area contributed by atoms with E-state index in [1.54, 1.807) is 31.2 Å². The summed E-state index contributed by atoms with van der Waals surface area (Å²) in [5, 5.41) is 19.9. The zero-order chi connectivity index (χ0) is 23.5. The molecule has 3 aromatic rings. The fourth-order valence-electron chi connectivity index (χ4n) is 3.57. The quantitative estimate of drug-likeness (QED) is 0.232. The molecule has 1 saturated heterocycles. The number of ether oxygens (including phenoxy) is 1. The highest BCUT2D eigenvalue weighted by atomic mass is 32.1. The number of rotatable bonds is 7. The maximum atomic E-state index is 13.6. The highest BCUT2D eigenvalue weighted by Crippen LogP contribution is 2.43. The number of unbranched alkanes of at least 4 members (excludes halogenated alkanes) is 1. The lowest BCUT2D eigenvalue weighted by Gasteiger charge is -2.22. The Hall–Kier alpha value is -3.59. The third-order valence-corrected chi connectivity index (χ3v) is 6.08. The van der Waals surface area contributed by atoms with Crippen molar-refractivity contribution in [3.63, 3.8) is 0 Å². The van der Waals surface area contributed by atoms with Gasteiger partial charge in [0, 0.05) is 5.56 Å². The first-order chi connectivity index (χ1) is 15.9. The van der Waals surface area contributed by atoms with Crippen LogP contribution in [0.5, 0.6) is 5.75 Å². The van der Waals surface area contributed by atoms with E-state index >= 15 is 0 Å². The molecular formula is C24H22FN3O4S. The second-order valence-electron chi connectivity index (χ2n) is 7.55. The van der Waals surface area contributed by atoms with E-state index in [1.807, 2.05) is 0 Å². The van der Waals surface area contributed by atoms with Crippen molar-refractivity contribution in [1.29, 1.82) is 0 Å². The topological polar surface area (TPSA) is 92.6 Å². The zero-order valence-corrected chi connectivity index (χ0v) is 18.9. The van der Waals surface area contributed by atoms with Crippen molar-refractivity contribution in [3.05, 3.63) is 76.1 Å². The Morgan fingerprint density at radius 3 is 2.42 bits per heavy atom. The van der Waals surface area contributed by atoms with Gasteiger partial charge in [0.05, 0.1) is 18.2 Å². The number of amides is 1. The van der Waals surface area contributed by atoms with Crippen LogP contribution in [0.4, 0.5) is 9.52 Å². The van der Waals surface area contributed by atoms with Gasteiger partial charge in [-0.25, -0.2) is 4.39 Å². The van der Waals surface area contributed by atoms with Crippen molar-refractivity contribution >= 4 is 33.9 Å². The van der Waals surface area contributed by atoms with Gasteiger partial charge in [-0.3, -0.25) is 14.5 Å². The second kappa shape index (κ2) is 9.50. The lowest BCUT2D eigenvalue weighted by Crippen LogP contribution is -2.29. The third kappa shape index (κ3) is 4.49. The van der Waals surface area contributed by atoms with E-state index in [4.69, 9.17) is 4.74 Å². The number of carbonyl (C=O) groups excluding carboxylic acids is 2. The molecule has 1 unspecified atom stereocenters. The van der Waals surface area contributed by atoms with Gasteiger partial charge >= 0.3 is 5.91 Å². The van der Waals surface area contributed by atoms with Gasteiger partial charge in [0.25, 0.3) is 5.78 Å². The van der Waals surface area contributed by atoms with Crippen molar-refractivity contribution in [2.24, 2.45) is 0 Å². The predicted molar refractivity (Wildman–Crippen MR) is 123 cm³/mol. The van der Waals surface area contributed by atoms with Gasteiger partial charge in [-0.2, -0.15) is 0 Å². The monoisotopic (exact) mass is 467 g/mol. The van der Waals surface area contributed by atoms with Crippen LogP contribution in [0.2, 0.25) is 0 Å². The Bertz CT molecular complexity index is 1210. The summed E-state index contributed by atoms with van der Waals surface area (Å²) >= 11 is 1.15. The summed E-state index contributed by atoms with van der Waals surface area (Å²) in [6.07, 6.45) is 1.93. The summed E-state index contributed by atoms with van der Waals surface area (Å²) in [6.45, 7) is 4.38. The predicted octanol–water partition coefficient (Wildman–Crippen LogP) is 4.79. The number of halogens is 1. The van der Waals surface area contributed by atoms with Gasteiger partial charge in [-0.05, 0) is 55.3 Å². The minimum atomic E-state index is -0.974. The molecule has 1 amide bonds. The number of aliphatic hydroxyl groups excluding tert-OH is 1. The highest BCUT2D eigenvalue weighted by molar-refractivity contribution is 7.15. The molecule has 1 aliphatic rings. The largest absolute Gasteiger partial charge is 0.507 e. The number of aromatic nitrogens is 2. The van der Waals surface area contributed by atoms with Crippen LogP contribution in [0.15, 0.2) is 54.1 Å². The molecule has 170 valence electrons. The van der Waals surface area contributed by atoms with E-state index in [0.717, 1.165) is 24.2 Å². The Labute approximate surface area is 194 Å². The molecule has 2 aromatic carbocycles. The second-order valence-corrected chi connectivity index (χ2v) is 8.71. The van der Waals surface area contributed by atoms with Crippen LogP contribution in [0, 0.1) is 12.7 Å². The first-order valence-electron chi connectivity index (χ1n) is 10.5. The number of benzene rings is 2. The SMILES string of the molecule is CCCCOc1ccc(C(O)=C2C(=O)C(=O)N(c3nnc(C)s3)C2c2ccc(F)cc2)cc1. The number of hydrogen-bond donors (Lipinski definition) is 1. The lowest BCUT2D eigenvalue weighted by atomic mass is 9.95. The molecule has 1 fully saturated rings. The van der Waals surface area contributed by atoms with Gasteiger partial charge in [0.2, 0.25) is 5.13 Å². The van der Waals surface area contributed by atoms with E-state index in [1.165, 1.54) is 29.2 Å². The van der Waals surface area contributed by atoms with E-state index < -0.39 is 23.5 Å². The van der Waals surface area contributed by atoms with Gasteiger partial charge in [0.15, 0.2) is 0 Å². The highest BCUT2D eigenvalue weighted by Gasteiger charge is 2.48. The summed E-state index contributed by atoms with van der Waals surface area (Å²) in [7, 11) is 0. The number of ketones is 1. The summed E-state index contributed by atoms with van der Waals surface area (Å²) in [6, 6.07) is 11.1. The van der Waals surface area contributed by atoms with E-state index in [0.29, 0.717) is 28.5 Å². The molecular weight excluding hydrogens is 445 g/mol. The van der Waals surface area contributed by atoms with Gasteiger partial charge in [-0.1, -0.05) is 36.8 Å². The molecule has 0 spiro atoms. The van der Waals surface area contributed by atoms with Crippen LogP contribution in [0.1, 0.15) is 41.9 Å². The van der Waals surface area contributed by atoms with Crippen molar-refractivity contribution in [2.45, 2.75) is 32.7 Å². The fourth-order valence-corrected chi connectivity index (χ4v) is 4.29. The molecule has 7 nitrogen and oxygen atoms in total. The van der Waals surface area contributed by atoms with E-state index in [-0.39, 0.29) is 16.5 Å². The number of nitrogens with zero attached hydrogens (tertiary/aromatic N) is 3. The van der Waals surface area contributed by atoms with Crippen LogP contribution in [0.25, 0.3) is 5.76 Å². The number of Topliss-reactive ketones (excluding diaryl/α,β-unsaturated/α-hetero) is 1. The molecule has 1 aromatic heterocycles. The molecule has 0 saturated carbocycles. The smallest absolute Gasteiger partial charge is 0.301 e. The molecule has 4 rings (SSSR count). The van der Waals surface area contributed by atoms with Gasteiger partial charge in [0.1, 0.15) is 22.3 Å². The van der Waals surface area contributed by atoms with Crippen LogP contribution >= 0.6 is 11.3 Å². The van der Waals surface area contributed by atoms with Gasteiger partial charge < -0.3 is 9.84 Å². The summed E-state index contributed by atoms with van der Waals surface area (Å²) in [4.78, 5) is 27.2. The Morgan fingerprint density at radius 2 is 1.82 bits per heavy atom. The number of anilines is 1. The average molecular weight is 468 g/mol. The zero-order valence-electron chi connectivity index (χ0n) is 18.1. The Kier molecular flexibility index (Phi) is 6.50. The summed E-state index contributed by atoms with van der Waals surface area (Å²) < 4.78 is 19.2. The molecule has 1 aliphatic heterocycles. The molecule has 0 bridgehead atoms. The molecule has 33 heavy (non-hydrogen) atoms. The molecule has 1 atom stereocenters. The standard InChI is InChI=1S/C24H22FN3O4S/c1-3-4-13-32-18-11-7-16(8-12-18)21(29)19-20(15-5-9-17(25)10-6-15)28(23(31)22(19)30)24-27-26-14(2)33-24/h5-12,20,29H,3-4,13H2,1-2H3. The number of carbonyl (C=O) groups is 2. The summed E-state index contributed by atoms with van der Waals surface area (Å²) in [5.74, 6) is -1.83. The van der Waals surface area contributed by atoms with Crippen LogP contribution in [-0.2, 0) is 9.59 Å². The normalized spacial score (nSPS) is 17.5. The number of hydrogen-bond acceptors (Lipinski definition) is 7. The molecule has 0 aliphatic carbocycles. The first kappa shape index (κ1) is 22.6. The van der Waals surface area contributed by atoms with E-state index in [2.05, 4.69) is 17.1 Å². The van der Waals surface area contributed by atoms with Crippen molar-refractivity contribution in [3.8, 4) is 5.75 Å². The van der Waals surface area contributed by atoms with Crippen LogP contribution in [-0.4, -0.2) is 33.6 Å². The number of aliphatic hydroxyl groups is 1. The first-order valence-corrected chi connectivity index (χ1v) is 11.3. The molecule has 2 heterocycles. The molecule has 1 N–H and O–H groups in total. The van der Waals surface area contributed by atoms with Crippen molar-refractivity contribution < 1.29 is 23.8 Å². The summed E-state index contributed by atoms with van der Waals surface area (Å²) in [5.41, 5.74) is 0.722. The van der Waals surface area contributed by atoms with Crippen molar-refractivity contribution in [2.75, 3.05) is 11.5 Å². The molecule has 9 heteroatoms. The Balaban J connectivity index is 1.78. The lowest BCUT2D eigenvalue weighted by molar-refractivity contribution is -0.132. The maximum absolute atomic E-state index is 13.6. The van der Waals surface area contributed by atoms with Gasteiger partial charge in [-0.15, -0.1) is 10.2 Å². The third-order valence-electron chi connectivity index (χ3n) is 5.25. The Morgan fingerprint density at radius 1 is 1.12 bits per heavy atom. The minimum absolute atomic E-state index is 0.0980. The maximum Gasteiger partial charge on any atom is 0.301 e. The van der Waals surface area contributed by atoms with Crippen molar-refractivity contribution in [1.82, 2.24) is 10.2 Å². The fraction of sp³-hybridized carbons (Fsp3) is 0.250. The minimum Gasteiger partial charge on any atom is -0.507 e. The number of aryl methyl sites for hydroxylation is 1. The van der Waals surface area contributed by atoms with Crippen LogP contribution in [0.3, 0.4) is 0 Å². The van der Waals surface area contributed by atoms with Crippen LogP contribution < -0.4 is 9.64 Å². The molecule has 0 radical (unpaired) electrons. The van der Waals surface area contributed by atoms with E-state index in [9.17, 15) is 19.1 Å². The average Bonchev–Trinajstić information content (AvgIpc) is 3.35.